The maximum Gasteiger partial charge on any atom is 0.339 e. The van der Waals surface area contributed by atoms with Crippen molar-refractivity contribution in [2.45, 2.75) is 32.3 Å². The van der Waals surface area contributed by atoms with E-state index >= 15 is 0 Å². The van der Waals surface area contributed by atoms with Gasteiger partial charge in [0.2, 0.25) is 0 Å². The molecule has 92 valence electrons. The van der Waals surface area contributed by atoms with E-state index in [4.69, 9.17) is 4.74 Å². The second-order valence-corrected chi connectivity index (χ2v) is 5.40. The average molecular weight is 240 g/mol. The molecule has 0 saturated carbocycles. The molecule has 0 spiro atoms. The molecule has 0 fully saturated rings. The van der Waals surface area contributed by atoms with Crippen LogP contribution >= 0.6 is 0 Å². The van der Waals surface area contributed by atoms with Crippen LogP contribution in [0.15, 0.2) is 42.0 Å². The quantitative estimate of drug-likeness (QED) is 0.650. The van der Waals surface area contributed by atoms with Crippen molar-refractivity contribution < 1.29 is 9.53 Å². The highest BCUT2D eigenvalue weighted by Crippen LogP contribution is 2.41. The third-order valence-corrected chi connectivity index (χ3v) is 3.91. The summed E-state index contributed by atoms with van der Waals surface area (Å²) in [7, 11) is 0. The second-order valence-electron chi connectivity index (χ2n) is 5.40. The molecule has 0 bridgehead atoms. The molecule has 1 aromatic rings. The SMILES string of the molecule is CC1=CC2OC(=O)c3cc(C)ccc3C2(C)C=C1. The topological polar surface area (TPSA) is 26.3 Å². The van der Waals surface area contributed by atoms with Crippen LogP contribution in [0.1, 0.15) is 35.3 Å². The van der Waals surface area contributed by atoms with Crippen LogP contribution in [0.4, 0.5) is 0 Å². The van der Waals surface area contributed by atoms with Gasteiger partial charge in [0.1, 0.15) is 6.10 Å². The molecular formula is C16H16O2. The van der Waals surface area contributed by atoms with E-state index in [1.165, 1.54) is 0 Å². The minimum atomic E-state index is -0.240. The van der Waals surface area contributed by atoms with Crippen LogP contribution in [0.2, 0.25) is 0 Å². The summed E-state index contributed by atoms with van der Waals surface area (Å²) >= 11 is 0. The van der Waals surface area contributed by atoms with Gasteiger partial charge in [0.05, 0.1) is 11.0 Å². The normalized spacial score (nSPS) is 29.2. The van der Waals surface area contributed by atoms with E-state index in [1.807, 2.05) is 26.0 Å². The highest BCUT2D eigenvalue weighted by molar-refractivity contribution is 5.93. The fraction of sp³-hybridized carbons (Fsp3) is 0.312. The monoisotopic (exact) mass is 240 g/mol. The van der Waals surface area contributed by atoms with E-state index in [1.54, 1.807) is 0 Å². The molecule has 18 heavy (non-hydrogen) atoms. The third-order valence-electron chi connectivity index (χ3n) is 3.91. The molecule has 3 rings (SSSR count). The molecule has 2 aliphatic rings. The minimum absolute atomic E-state index is 0.190. The molecule has 1 aromatic carbocycles. The van der Waals surface area contributed by atoms with Gasteiger partial charge in [0, 0.05) is 0 Å². The van der Waals surface area contributed by atoms with Crippen molar-refractivity contribution in [1.82, 2.24) is 0 Å². The second kappa shape index (κ2) is 3.58. The largest absolute Gasteiger partial charge is 0.453 e. The smallest absolute Gasteiger partial charge is 0.339 e. The summed E-state index contributed by atoms with van der Waals surface area (Å²) in [6.07, 6.45) is 6.08. The molecule has 2 unspecified atom stereocenters. The van der Waals surface area contributed by atoms with Gasteiger partial charge < -0.3 is 4.74 Å². The first kappa shape index (κ1) is 11.3. The zero-order valence-corrected chi connectivity index (χ0v) is 10.9. The molecule has 0 amide bonds. The van der Waals surface area contributed by atoms with E-state index in [0.29, 0.717) is 5.56 Å². The average Bonchev–Trinajstić information content (AvgIpc) is 2.32. The van der Waals surface area contributed by atoms with E-state index < -0.39 is 0 Å². The third kappa shape index (κ3) is 1.45. The summed E-state index contributed by atoms with van der Waals surface area (Å²) in [5.41, 5.74) is 3.75. The minimum Gasteiger partial charge on any atom is -0.453 e. The molecule has 0 radical (unpaired) electrons. The lowest BCUT2D eigenvalue weighted by Crippen LogP contribution is -2.44. The van der Waals surface area contributed by atoms with Crippen molar-refractivity contribution in [2.24, 2.45) is 0 Å². The van der Waals surface area contributed by atoms with Gasteiger partial charge in [-0.3, -0.25) is 0 Å². The van der Waals surface area contributed by atoms with Gasteiger partial charge in [-0.2, -0.15) is 0 Å². The summed E-state index contributed by atoms with van der Waals surface area (Å²) in [4.78, 5) is 12.1. The zero-order chi connectivity index (χ0) is 12.9. The summed E-state index contributed by atoms with van der Waals surface area (Å²) < 4.78 is 5.58. The lowest BCUT2D eigenvalue weighted by Gasteiger charge is -2.40. The van der Waals surface area contributed by atoms with Crippen molar-refractivity contribution in [1.29, 1.82) is 0 Å². The number of carbonyl (C=O) groups is 1. The predicted octanol–water partition coefficient (Wildman–Crippen LogP) is 3.31. The van der Waals surface area contributed by atoms with Crippen molar-refractivity contribution >= 4 is 5.97 Å². The predicted molar refractivity (Wildman–Crippen MR) is 70.6 cm³/mol. The lowest BCUT2D eigenvalue weighted by molar-refractivity contribution is 0.0218. The zero-order valence-electron chi connectivity index (χ0n) is 10.9. The molecule has 2 nitrogen and oxygen atoms in total. The Morgan fingerprint density at radius 3 is 2.83 bits per heavy atom. The summed E-state index contributed by atoms with van der Waals surface area (Å²) in [5.74, 6) is -0.212. The van der Waals surface area contributed by atoms with Crippen molar-refractivity contribution in [3.63, 3.8) is 0 Å². The maximum absolute atomic E-state index is 12.1. The number of ether oxygens (including phenoxy) is 1. The molecule has 1 aliphatic heterocycles. The first-order valence-corrected chi connectivity index (χ1v) is 6.20. The summed E-state index contributed by atoms with van der Waals surface area (Å²) in [6.45, 7) is 6.13. The van der Waals surface area contributed by atoms with Crippen LogP contribution in [0.25, 0.3) is 0 Å². The Kier molecular flexibility index (Phi) is 2.24. The van der Waals surface area contributed by atoms with Gasteiger partial charge >= 0.3 is 5.97 Å². The standard InChI is InChI=1S/C16H16O2/c1-10-4-5-13-12(8-10)15(17)18-14-9-11(2)6-7-16(13,14)3/h4-9,14H,1-3H3. The number of hydrogen-bond acceptors (Lipinski definition) is 2. The Bertz CT molecular complexity index is 595. The summed E-state index contributed by atoms with van der Waals surface area (Å²) in [6, 6.07) is 6.02. The Morgan fingerprint density at radius 2 is 2.06 bits per heavy atom. The van der Waals surface area contributed by atoms with Crippen molar-refractivity contribution in [2.75, 3.05) is 0 Å². The number of rotatable bonds is 0. The Labute approximate surface area is 107 Å². The molecular weight excluding hydrogens is 224 g/mol. The molecule has 0 saturated heterocycles. The number of aryl methyl sites for hydroxylation is 1. The van der Waals surface area contributed by atoms with Gasteiger partial charge in [-0.1, -0.05) is 35.4 Å². The van der Waals surface area contributed by atoms with Gasteiger partial charge in [-0.15, -0.1) is 0 Å². The van der Waals surface area contributed by atoms with Crippen LogP contribution in [-0.4, -0.2) is 12.1 Å². The summed E-state index contributed by atoms with van der Waals surface area (Å²) in [5, 5.41) is 0. The van der Waals surface area contributed by atoms with Crippen LogP contribution < -0.4 is 0 Å². The van der Waals surface area contributed by atoms with Gasteiger partial charge in [-0.25, -0.2) is 4.79 Å². The number of carbonyl (C=O) groups excluding carboxylic acids is 1. The van der Waals surface area contributed by atoms with E-state index in [0.717, 1.165) is 16.7 Å². The molecule has 2 atom stereocenters. The molecule has 0 N–H and O–H groups in total. The number of allylic oxidation sites excluding steroid dienone is 2. The Balaban J connectivity index is 2.22. The van der Waals surface area contributed by atoms with Crippen LogP contribution in [0, 0.1) is 6.92 Å². The highest BCUT2D eigenvalue weighted by Gasteiger charge is 2.43. The first-order chi connectivity index (χ1) is 8.50. The van der Waals surface area contributed by atoms with Gasteiger partial charge in [-0.05, 0) is 38.5 Å². The molecule has 1 aliphatic carbocycles. The molecule has 2 heteroatoms. The number of fused-ring (bicyclic) bond motifs is 3. The van der Waals surface area contributed by atoms with E-state index in [-0.39, 0.29) is 17.5 Å². The Hall–Kier alpha value is -1.83. The van der Waals surface area contributed by atoms with Crippen LogP contribution in [0.5, 0.6) is 0 Å². The van der Waals surface area contributed by atoms with Crippen LogP contribution in [-0.2, 0) is 10.2 Å². The van der Waals surface area contributed by atoms with Crippen molar-refractivity contribution in [3.8, 4) is 0 Å². The molecule has 0 aromatic heterocycles. The van der Waals surface area contributed by atoms with Gasteiger partial charge in [0.15, 0.2) is 0 Å². The van der Waals surface area contributed by atoms with Crippen molar-refractivity contribution in [3.05, 3.63) is 58.7 Å². The fourth-order valence-electron chi connectivity index (χ4n) is 2.74. The number of hydrogen-bond donors (Lipinski definition) is 0. The fourth-order valence-corrected chi connectivity index (χ4v) is 2.74. The van der Waals surface area contributed by atoms with E-state index in [9.17, 15) is 4.79 Å². The van der Waals surface area contributed by atoms with E-state index in [2.05, 4.69) is 31.2 Å². The van der Waals surface area contributed by atoms with Crippen LogP contribution in [0.3, 0.4) is 0 Å². The van der Waals surface area contributed by atoms with Gasteiger partial charge in [0.25, 0.3) is 0 Å². The maximum atomic E-state index is 12.1. The number of benzene rings is 1. The Morgan fingerprint density at radius 1 is 1.28 bits per heavy atom. The first-order valence-electron chi connectivity index (χ1n) is 6.20. The molecule has 1 heterocycles. The number of esters is 1. The highest BCUT2D eigenvalue weighted by atomic mass is 16.5. The lowest BCUT2D eigenvalue weighted by atomic mass is 9.70.